The van der Waals surface area contributed by atoms with Crippen molar-refractivity contribution in [3.05, 3.63) is 30.1 Å². The van der Waals surface area contributed by atoms with Crippen LogP contribution < -0.4 is 4.74 Å². The van der Waals surface area contributed by atoms with Gasteiger partial charge >= 0.3 is 0 Å². The van der Waals surface area contributed by atoms with Gasteiger partial charge in [-0.15, -0.1) is 0 Å². The fourth-order valence-corrected chi connectivity index (χ4v) is 0.885. The zero-order chi connectivity index (χ0) is 8.27. The Hall–Kier alpha value is -1.31. The number of methoxy groups -OCH3 is 1. The zero-order valence-corrected chi connectivity index (χ0v) is 6.79. The van der Waals surface area contributed by atoms with E-state index in [2.05, 4.69) is 11.6 Å². The highest BCUT2D eigenvalue weighted by atomic mass is 16.5. The van der Waals surface area contributed by atoms with Crippen LogP contribution in [0.25, 0.3) is 6.08 Å². The molecule has 1 heterocycles. The normalized spacial score (nSPS) is 9.27. The monoisotopic (exact) mass is 149 g/mol. The maximum atomic E-state index is 5.00. The van der Waals surface area contributed by atoms with Gasteiger partial charge in [-0.3, -0.25) is 4.98 Å². The van der Waals surface area contributed by atoms with E-state index in [9.17, 15) is 0 Å². The van der Waals surface area contributed by atoms with Gasteiger partial charge in [-0.2, -0.15) is 0 Å². The largest absolute Gasteiger partial charge is 0.495 e. The summed E-state index contributed by atoms with van der Waals surface area (Å²) in [6.07, 6.45) is 3.42. The summed E-state index contributed by atoms with van der Waals surface area (Å²) < 4.78 is 5.00. The Morgan fingerprint density at radius 3 is 2.82 bits per heavy atom. The Labute approximate surface area is 66.5 Å². The molecule has 0 amide bonds. The molecule has 2 nitrogen and oxygen atoms in total. The summed E-state index contributed by atoms with van der Waals surface area (Å²) in [6, 6.07) is 1.93. The minimum absolute atomic E-state index is 0.785. The molecule has 0 aliphatic carbocycles. The van der Waals surface area contributed by atoms with Crippen LogP contribution in [0.2, 0.25) is 0 Å². The molecule has 0 aromatic carbocycles. The molecular formula is C9H11NO. The number of hydrogen-bond acceptors (Lipinski definition) is 2. The van der Waals surface area contributed by atoms with Gasteiger partial charge in [0.1, 0.15) is 5.75 Å². The number of nitrogens with zero attached hydrogens (tertiary/aromatic N) is 1. The number of pyridine rings is 1. The van der Waals surface area contributed by atoms with Gasteiger partial charge in [0.05, 0.1) is 19.0 Å². The second kappa shape index (κ2) is 3.19. The van der Waals surface area contributed by atoms with Gasteiger partial charge in [-0.25, -0.2) is 0 Å². The first kappa shape index (κ1) is 7.79. The van der Waals surface area contributed by atoms with Gasteiger partial charge in [0.15, 0.2) is 0 Å². The van der Waals surface area contributed by atoms with Gasteiger partial charge in [-0.05, 0) is 24.6 Å². The lowest BCUT2D eigenvalue weighted by molar-refractivity contribution is 0.412. The Kier molecular flexibility index (Phi) is 2.26. The fraction of sp³-hybridized carbons (Fsp3) is 0.222. The second-order valence-corrected chi connectivity index (χ2v) is 2.28. The number of hydrogen-bond donors (Lipinski definition) is 0. The average molecular weight is 149 g/mol. The lowest BCUT2D eigenvalue weighted by atomic mass is 10.2. The van der Waals surface area contributed by atoms with E-state index in [1.807, 2.05) is 13.0 Å². The number of ether oxygens (including phenoxy) is 1. The van der Waals surface area contributed by atoms with Crippen molar-refractivity contribution in [2.24, 2.45) is 0 Å². The van der Waals surface area contributed by atoms with Gasteiger partial charge in [0.2, 0.25) is 0 Å². The molecular weight excluding hydrogens is 138 g/mol. The highest BCUT2D eigenvalue weighted by molar-refractivity contribution is 5.47. The van der Waals surface area contributed by atoms with Crippen molar-refractivity contribution in [1.82, 2.24) is 4.98 Å². The Balaban J connectivity index is 3.09. The Morgan fingerprint density at radius 2 is 2.36 bits per heavy atom. The maximum absolute atomic E-state index is 5.00. The lowest BCUT2D eigenvalue weighted by Crippen LogP contribution is -1.89. The van der Waals surface area contributed by atoms with Crippen LogP contribution in [0.5, 0.6) is 5.75 Å². The lowest BCUT2D eigenvalue weighted by Gasteiger charge is -2.02. The quantitative estimate of drug-likeness (QED) is 0.642. The zero-order valence-electron chi connectivity index (χ0n) is 6.79. The van der Waals surface area contributed by atoms with E-state index in [1.165, 1.54) is 0 Å². The molecule has 0 fully saturated rings. The molecule has 2 heteroatoms. The van der Waals surface area contributed by atoms with Crippen LogP contribution >= 0.6 is 0 Å². The standard InChI is InChI=1S/C9H11NO/c1-4-9-7(2)5-8(11-3)6-10-9/h4-6H,1H2,2-3H3. The molecule has 0 bridgehead atoms. The Bertz CT molecular complexity index is 268. The fourth-order valence-electron chi connectivity index (χ4n) is 0.885. The summed E-state index contributed by atoms with van der Waals surface area (Å²) in [7, 11) is 1.63. The molecule has 0 atom stereocenters. The van der Waals surface area contributed by atoms with Crippen LogP contribution in [0.3, 0.4) is 0 Å². The third-order valence-electron chi connectivity index (χ3n) is 1.52. The highest BCUT2D eigenvalue weighted by Gasteiger charge is 1.96. The summed E-state index contributed by atoms with van der Waals surface area (Å²) in [5, 5.41) is 0. The van der Waals surface area contributed by atoms with Gasteiger partial charge in [-0.1, -0.05) is 6.58 Å². The first-order valence-electron chi connectivity index (χ1n) is 3.41. The predicted molar refractivity (Wildman–Crippen MR) is 45.6 cm³/mol. The van der Waals surface area contributed by atoms with Crippen molar-refractivity contribution >= 4 is 6.08 Å². The molecule has 0 unspecified atom stereocenters. The van der Waals surface area contributed by atoms with Crippen molar-refractivity contribution in [2.45, 2.75) is 6.92 Å². The second-order valence-electron chi connectivity index (χ2n) is 2.28. The van der Waals surface area contributed by atoms with Crippen LogP contribution in [-0.4, -0.2) is 12.1 Å². The number of rotatable bonds is 2. The molecule has 1 rings (SSSR count). The van der Waals surface area contributed by atoms with E-state index in [-0.39, 0.29) is 0 Å². The van der Waals surface area contributed by atoms with E-state index in [1.54, 1.807) is 19.4 Å². The van der Waals surface area contributed by atoms with Crippen molar-refractivity contribution in [3.63, 3.8) is 0 Å². The first-order valence-corrected chi connectivity index (χ1v) is 3.41. The van der Waals surface area contributed by atoms with Crippen LogP contribution in [-0.2, 0) is 0 Å². The molecule has 0 aliphatic rings. The van der Waals surface area contributed by atoms with Gasteiger partial charge in [0.25, 0.3) is 0 Å². The molecule has 0 spiro atoms. The van der Waals surface area contributed by atoms with Crippen LogP contribution in [0.1, 0.15) is 11.3 Å². The Morgan fingerprint density at radius 1 is 1.64 bits per heavy atom. The number of aromatic nitrogens is 1. The van der Waals surface area contributed by atoms with E-state index in [0.717, 1.165) is 17.0 Å². The summed E-state index contributed by atoms with van der Waals surface area (Å²) in [6.45, 7) is 5.62. The maximum Gasteiger partial charge on any atom is 0.137 e. The van der Waals surface area contributed by atoms with E-state index in [4.69, 9.17) is 4.74 Å². The smallest absolute Gasteiger partial charge is 0.137 e. The van der Waals surface area contributed by atoms with Crippen molar-refractivity contribution < 1.29 is 4.74 Å². The minimum atomic E-state index is 0.785. The molecule has 0 saturated carbocycles. The summed E-state index contributed by atoms with van der Waals surface area (Å²) >= 11 is 0. The van der Waals surface area contributed by atoms with Crippen LogP contribution in [0.4, 0.5) is 0 Å². The van der Waals surface area contributed by atoms with Crippen LogP contribution in [0.15, 0.2) is 18.8 Å². The van der Waals surface area contributed by atoms with Gasteiger partial charge in [0, 0.05) is 0 Å². The topological polar surface area (TPSA) is 22.1 Å². The molecule has 0 aliphatic heterocycles. The number of aryl methyl sites for hydroxylation is 1. The molecule has 58 valence electrons. The summed E-state index contributed by atoms with van der Waals surface area (Å²) in [5.74, 6) is 0.785. The molecule has 11 heavy (non-hydrogen) atoms. The summed E-state index contributed by atoms with van der Waals surface area (Å²) in [4.78, 5) is 4.12. The van der Waals surface area contributed by atoms with E-state index < -0.39 is 0 Å². The third kappa shape index (κ3) is 1.58. The van der Waals surface area contributed by atoms with E-state index >= 15 is 0 Å². The van der Waals surface area contributed by atoms with Crippen molar-refractivity contribution in [3.8, 4) is 5.75 Å². The molecule has 1 aromatic rings. The van der Waals surface area contributed by atoms with E-state index in [0.29, 0.717) is 0 Å². The van der Waals surface area contributed by atoms with Crippen molar-refractivity contribution in [1.29, 1.82) is 0 Å². The first-order chi connectivity index (χ1) is 5.27. The molecule has 0 N–H and O–H groups in total. The van der Waals surface area contributed by atoms with Gasteiger partial charge < -0.3 is 4.74 Å². The van der Waals surface area contributed by atoms with Crippen LogP contribution in [0, 0.1) is 6.92 Å². The minimum Gasteiger partial charge on any atom is -0.495 e. The predicted octanol–water partition coefficient (Wildman–Crippen LogP) is 2.04. The van der Waals surface area contributed by atoms with Crippen molar-refractivity contribution in [2.75, 3.05) is 7.11 Å². The highest BCUT2D eigenvalue weighted by Crippen LogP contribution is 2.13. The molecule has 1 aromatic heterocycles. The third-order valence-corrected chi connectivity index (χ3v) is 1.52. The molecule has 0 radical (unpaired) electrons. The average Bonchev–Trinajstić information content (AvgIpc) is 2.04. The SMILES string of the molecule is C=Cc1ncc(OC)cc1C. The molecule has 0 saturated heterocycles. The summed E-state index contributed by atoms with van der Waals surface area (Å²) in [5.41, 5.74) is 1.99.